The first-order valence-electron chi connectivity index (χ1n) is 7.07. The molecular formula is C16H17N3O3S. The number of methoxy groups -OCH3 is 1. The lowest BCUT2D eigenvalue weighted by molar-refractivity contribution is 0.409. The molecule has 3 rings (SSSR count). The molecular weight excluding hydrogens is 314 g/mol. The lowest BCUT2D eigenvalue weighted by atomic mass is 10.2. The second-order valence-corrected chi connectivity index (χ2v) is 6.90. The van der Waals surface area contributed by atoms with Crippen molar-refractivity contribution < 1.29 is 13.2 Å². The highest BCUT2D eigenvalue weighted by Gasteiger charge is 2.16. The minimum Gasteiger partial charge on any atom is -0.496 e. The third kappa shape index (κ3) is 3.20. The fourth-order valence-electron chi connectivity index (χ4n) is 2.39. The number of nitrogens with one attached hydrogen (secondary N) is 2. The summed E-state index contributed by atoms with van der Waals surface area (Å²) in [6.07, 6.45) is 0. The first-order valence-corrected chi connectivity index (χ1v) is 8.56. The van der Waals surface area contributed by atoms with Crippen LogP contribution in [0, 0.1) is 6.92 Å². The van der Waals surface area contributed by atoms with Gasteiger partial charge in [0.05, 0.1) is 23.0 Å². The van der Waals surface area contributed by atoms with Gasteiger partial charge in [0.25, 0.3) is 0 Å². The van der Waals surface area contributed by atoms with E-state index in [1.165, 1.54) is 0 Å². The number of aromatic amines is 1. The number of hydrogen-bond donors (Lipinski definition) is 2. The van der Waals surface area contributed by atoms with Crippen LogP contribution in [0.4, 0.5) is 0 Å². The summed E-state index contributed by atoms with van der Waals surface area (Å²) in [6, 6.07) is 12.1. The van der Waals surface area contributed by atoms with Crippen LogP contribution in [0.2, 0.25) is 0 Å². The number of imidazole rings is 1. The molecule has 0 unspecified atom stereocenters. The number of para-hydroxylation sites is 1. The molecule has 0 aliphatic heterocycles. The predicted molar refractivity (Wildman–Crippen MR) is 87.9 cm³/mol. The van der Waals surface area contributed by atoms with Gasteiger partial charge in [0.1, 0.15) is 11.6 Å². The maximum atomic E-state index is 12.5. The van der Waals surface area contributed by atoms with Crippen LogP contribution in [-0.4, -0.2) is 25.5 Å². The highest BCUT2D eigenvalue weighted by atomic mass is 32.2. The zero-order valence-corrected chi connectivity index (χ0v) is 13.6. The van der Waals surface area contributed by atoms with Crippen molar-refractivity contribution in [3.63, 3.8) is 0 Å². The van der Waals surface area contributed by atoms with E-state index in [0.717, 1.165) is 16.9 Å². The molecule has 23 heavy (non-hydrogen) atoms. The van der Waals surface area contributed by atoms with Crippen molar-refractivity contribution in [3.05, 3.63) is 53.9 Å². The number of ether oxygens (including phenoxy) is 1. The lowest BCUT2D eigenvalue weighted by Crippen LogP contribution is -2.23. The topological polar surface area (TPSA) is 84.1 Å². The Hall–Kier alpha value is -2.38. The molecule has 6 nitrogen and oxygen atoms in total. The Kier molecular flexibility index (Phi) is 4.06. The van der Waals surface area contributed by atoms with E-state index in [4.69, 9.17) is 4.74 Å². The lowest BCUT2D eigenvalue weighted by Gasteiger charge is -2.10. The molecule has 2 aromatic carbocycles. The third-order valence-corrected chi connectivity index (χ3v) is 4.93. The quantitative estimate of drug-likeness (QED) is 0.752. The molecule has 1 aromatic heterocycles. The summed E-state index contributed by atoms with van der Waals surface area (Å²) in [4.78, 5) is 7.50. The maximum absolute atomic E-state index is 12.5. The Labute approximate surface area is 134 Å². The van der Waals surface area contributed by atoms with Crippen molar-refractivity contribution in [1.29, 1.82) is 0 Å². The average Bonchev–Trinajstić information content (AvgIpc) is 2.92. The second-order valence-electron chi connectivity index (χ2n) is 5.14. The smallest absolute Gasteiger partial charge is 0.240 e. The Bertz CT molecular complexity index is 948. The van der Waals surface area contributed by atoms with Crippen molar-refractivity contribution >= 4 is 21.1 Å². The number of benzene rings is 2. The molecule has 0 aliphatic carbocycles. The van der Waals surface area contributed by atoms with Crippen molar-refractivity contribution in [1.82, 2.24) is 14.7 Å². The minimum absolute atomic E-state index is 0.159. The van der Waals surface area contributed by atoms with E-state index < -0.39 is 10.0 Å². The molecule has 0 spiro atoms. The maximum Gasteiger partial charge on any atom is 0.240 e. The molecule has 0 saturated heterocycles. The molecule has 0 fully saturated rings. The number of fused-ring (bicyclic) bond motifs is 1. The summed E-state index contributed by atoms with van der Waals surface area (Å²) < 4.78 is 32.8. The first-order chi connectivity index (χ1) is 11.0. The molecule has 1 heterocycles. The minimum atomic E-state index is -3.62. The van der Waals surface area contributed by atoms with Gasteiger partial charge in [-0.2, -0.15) is 0 Å². The number of H-pyrrole nitrogens is 1. The van der Waals surface area contributed by atoms with E-state index in [1.54, 1.807) is 31.4 Å². The summed E-state index contributed by atoms with van der Waals surface area (Å²) >= 11 is 0. The van der Waals surface area contributed by atoms with Crippen molar-refractivity contribution in [2.45, 2.75) is 18.4 Å². The Morgan fingerprint density at radius 2 is 2.00 bits per heavy atom. The standard InChI is InChI=1S/C16H17N3O3S/c1-11-18-14-8-7-13(9-15(14)19-11)23(20,21)17-10-12-5-3-4-6-16(12)22-2/h3-9,17H,10H2,1-2H3,(H,18,19). The molecule has 0 saturated carbocycles. The highest BCUT2D eigenvalue weighted by molar-refractivity contribution is 7.89. The second kappa shape index (κ2) is 6.02. The first kappa shape index (κ1) is 15.5. The number of sulfonamides is 1. The average molecular weight is 331 g/mol. The molecule has 3 aromatic rings. The molecule has 0 amide bonds. The van der Waals surface area contributed by atoms with Gasteiger partial charge in [-0.25, -0.2) is 18.1 Å². The van der Waals surface area contributed by atoms with Crippen molar-refractivity contribution in [2.24, 2.45) is 0 Å². The van der Waals surface area contributed by atoms with Crippen LogP contribution >= 0.6 is 0 Å². The molecule has 0 aliphatic rings. The molecule has 0 atom stereocenters. The van der Waals surface area contributed by atoms with E-state index in [0.29, 0.717) is 11.3 Å². The summed E-state index contributed by atoms with van der Waals surface area (Å²) in [5.41, 5.74) is 2.21. The molecule has 2 N–H and O–H groups in total. The summed E-state index contributed by atoms with van der Waals surface area (Å²) in [7, 11) is -2.06. The zero-order valence-electron chi connectivity index (χ0n) is 12.8. The highest BCUT2D eigenvalue weighted by Crippen LogP contribution is 2.20. The summed E-state index contributed by atoms with van der Waals surface area (Å²) in [5, 5.41) is 0. The summed E-state index contributed by atoms with van der Waals surface area (Å²) in [5.74, 6) is 1.39. The number of hydrogen-bond acceptors (Lipinski definition) is 4. The largest absolute Gasteiger partial charge is 0.496 e. The van der Waals surface area contributed by atoms with Crippen LogP contribution in [0.1, 0.15) is 11.4 Å². The van der Waals surface area contributed by atoms with E-state index in [2.05, 4.69) is 14.7 Å². The Morgan fingerprint density at radius 3 is 2.78 bits per heavy atom. The van der Waals surface area contributed by atoms with E-state index in [1.807, 2.05) is 25.1 Å². The van der Waals surface area contributed by atoms with Gasteiger partial charge in [0.2, 0.25) is 10.0 Å². The fraction of sp³-hybridized carbons (Fsp3) is 0.188. The fourth-order valence-corrected chi connectivity index (χ4v) is 3.42. The van der Waals surface area contributed by atoms with Crippen LogP contribution in [0.5, 0.6) is 5.75 Å². The molecule has 7 heteroatoms. The van der Waals surface area contributed by atoms with Gasteiger partial charge in [0, 0.05) is 12.1 Å². The van der Waals surface area contributed by atoms with E-state index in [9.17, 15) is 8.42 Å². The van der Waals surface area contributed by atoms with Gasteiger partial charge in [-0.15, -0.1) is 0 Å². The monoisotopic (exact) mass is 331 g/mol. The van der Waals surface area contributed by atoms with E-state index >= 15 is 0 Å². The van der Waals surface area contributed by atoms with Gasteiger partial charge >= 0.3 is 0 Å². The van der Waals surface area contributed by atoms with Crippen LogP contribution in [0.15, 0.2) is 47.4 Å². The van der Waals surface area contributed by atoms with Gasteiger partial charge in [0.15, 0.2) is 0 Å². The predicted octanol–water partition coefficient (Wildman–Crippen LogP) is 2.36. The van der Waals surface area contributed by atoms with Gasteiger partial charge < -0.3 is 9.72 Å². The van der Waals surface area contributed by atoms with Crippen molar-refractivity contribution in [2.75, 3.05) is 7.11 Å². The zero-order chi connectivity index (χ0) is 16.4. The number of aromatic nitrogens is 2. The normalized spacial score (nSPS) is 11.7. The third-order valence-electron chi connectivity index (χ3n) is 3.53. The van der Waals surface area contributed by atoms with Crippen LogP contribution in [0.3, 0.4) is 0 Å². The van der Waals surface area contributed by atoms with Gasteiger partial charge in [-0.1, -0.05) is 18.2 Å². The SMILES string of the molecule is COc1ccccc1CNS(=O)(=O)c1ccc2nc(C)[nH]c2c1. The number of aryl methyl sites for hydroxylation is 1. The van der Waals surface area contributed by atoms with E-state index in [-0.39, 0.29) is 11.4 Å². The Balaban J connectivity index is 1.85. The van der Waals surface area contributed by atoms with Gasteiger partial charge in [-0.05, 0) is 31.2 Å². The van der Waals surface area contributed by atoms with Crippen LogP contribution in [0.25, 0.3) is 11.0 Å². The summed E-state index contributed by atoms with van der Waals surface area (Å²) in [6.45, 7) is 1.99. The van der Waals surface area contributed by atoms with Gasteiger partial charge in [-0.3, -0.25) is 0 Å². The number of nitrogens with zero attached hydrogens (tertiary/aromatic N) is 1. The van der Waals surface area contributed by atoms with Crippen molar-refractivity contribution in [3.8, 4) is 5.75 Å². The van der Waals surface area contributed by atoms with Crippen LogP contribution in [-0.2, 0) is 16.6 Å². The molecule has 0 radical (unpaired) electrons. The molecule has 0 bridgehead atoms. The molecule has 120 valence electrons. The Morgan fingerprint density at radius 1 is 1.22 bits per heavy atom. The van der Waals surface area contributed by atoms with Crippen LogP contribution < -0.4 is 9.46 Å². The number of rotatable bonds is 5.